The van der Waals surface area contributed by atoms with E-state index in [2.05, 4.69) is 28.8 Å². The summed E-state index contributed by atoms with van der Waals surface area (Å²) < 4.78 is 10.7. The zero-order chi connectivity index (χ0) is 22.3. The summed E-state index contributed by atoms with van der Waals surface area (Å²) >= 11 is 1.72. The Labute approximate surface area is 189 Å². The molecule has 1 fully saturated rings. The Morgan fingerprint density at radius 1 is 1.16 bits per heavy atom. The van der Waals surface area contributed by atoms with Crippen LogP contribution in [0.3, 0.4) is 0 Å². The molecule has 0 aliphatic carbocycles. The highest BCUT2D eigenvalue weighted by Crippen LogP contribution is 2.32. The second-order valence-corrected chi connectivity index (χ2v) is 9.51. The first-order valence-electron chi connectivity index (χ1n) is 10.7. The third-order valence-corrected chi connectivity index (χ3v) is 6.38. The molecular weight excluding hydrogens is 410 g/mol. The average molecular weight is 444 g/mol. The molecule has 31 heavy (non-hydrogen) atoms. The average Bonchev–Trinajstić information content (AvgIpc) is 2.77. The minimum Gasteiger partial charge on any atom is -0.497 e. The number of methoxy groups -OCH3 is 1. The van der Waals surface area contributed by atoms with Crippen LogP contribution in [0.5, 0.6) is 5.75 Å². The van der Waals surface area contributed by atoms with Gasteiger partial charge in [-0.25, -0.2) is 0 Å². The molecule has 1 aliphatic heterocycles. The molecule has 1 aliphatic rings. The molecular formula is C24H33N3O3S. The van der Waals surface area contributed by atoms with Gasteiger partial charge in [0.1, 0.15) is 5.75 Å². The van der Waals surface area contributed by atoms with E-state index in [0.29, 0.717) is 5.92 Å². The van der Waals surface area contributed by atoms with Crippen LogP contribution in [-0.4, -0.2) is 38.3 Å². The fourth-order valence-electron chi connectivity index (χ4n) is 3.25. The second kappa shape index (κ2) is 10.9. The van der Waals surface area contributed by atoms with E-state index in [1.165, 1.54) is 5.56 Å². The number of ether oxygens (including phenoxy) is 2. The lowest BCUT2D eigenvalue weighted by Gasteiger charge is -2.24. The van der Waals surface area contributed by atoms with Gasteiger partial charge < -0.3 is 25.8 Å². The number of nitrogens with one attached hydrogen (secondary N) is 2. The predicted molar refractivity (Wildman–Crippen MR) is 128 cm³/mol. The van der Waals surface area contributed by atoms with Crippen LogP contribution < -0.4 is 21.1 Å². The first-order chi connectivity index (χ1) is 14.8. The Morgan fingerprint density at radius 3 is 2.52 bits per heavy atom. The molecule has 1 amide bonds. The molecule has 0 saturated carbocycles. The van der Waals surface area contributed by atoms with Crippen molar-refractivity contribution in [3.8, 4) is 5.75 Å². The van der Waals surface area contributed by atoms with Gasteiger partial charge in [-0.05, 0) is 68.5 Å². The molecule has 4 N–H and O–H groups in total. The van der Waals surface area contributed by atoms with Crippen LogP contribution in [0.1, 0.15) is 32.3 Å². The summed E-state index contributed by atoms with van der Waals surface area (Å²) in [4.78, 5) is 13.6. The van der Waals surface area contributed by atoms with Gasteiger partial charge in [0.05, 0.1) is 24.0 Å². The molecule has 0 atom stereocenters. The molecule has 0 radical (unpaired) electrons. The summed E-state index contributed by atoms with van der Waals surface area (Å²) in [5, 5.41) is 6.53. The van der Waals surface area contributed by atoms with Gasteiger partial charge >= 0.3 is 0 Å². The number of carbonyl (C=O) groups excluding carboxylic acids is 1. The molecule has 2 aromatic rings. The molecule has 168 valence electrons. The number of hydrogen-bond donors (Lipinski definition) is 3. The smallest absolute Gasteiger partial charge is 0.243 e. The van der Waals surface area contributed by atoms with Gasteiger partial charge in [0, 0.05) is 30.4 Å². The highest BCUT2D eigenvalue weighted by molar-refractivity contribution is 7.98. The van der Waals surface area contributed by atoms with E-state index in [0.717, 1.165) is 60.4 Å². The Hall–Kier alpha value is -2.22. The third kappa shape index (κ3) is 7.16. The highest BCUT2D eigenvalue weighted by Gasteiger charge is 2.23. The number of anilines is 2. The molecule has 1 saturated heterocycles. The number of benzene rings is 2. The zero-order valence-electron chi connectivity index (χ0n) is 18.6. The van der Waals surface area contributed by atoms with Crippen molar-refractivity contribution in [2.75, 3.05) is 37.5 Å². The third-order valence-electron chi connectivity index (χ3n) is 5.31. The number of thioether (sulfide) groups is 1. The van der Waals surface area contributed by atoms with E-state index in [4.69, 9.17) is 15.2 Å². The number of nitrogens with two attached hydrogens (primary N) is 1. The van der Waals surface area contributed by atoms with E-state index in [1.807, 2.05) is 24.3 Å². The quantitative estimate of drug-likeness (QED) is 0.495. The van der Waals surface area contributed by atoms with Gasteiger partial charge in [-0.15, -0.1) is 11.8 Å². The maximum Gasteiger partial charge on any atom is 0.243 e. The molecule has 7 heteroatoms. The lowest BCUT2D eigenvalue weighted by molar-refractivity contribution is -0.120. The van der Waals surface area contributed by atoms with Crippen molar-refractivity contribution < 1.29 is 14.3 Å². The van der Waals surface area contributed by atoms with Crippen molar-refractivity contribution in [3.05, 3.63) is 48.0 Å². The summed E-state index contributed by atoms with van der Waals surface area (Å²) in [5.74, 6) is 2.05. The SMILES string of the molecule is COc1ccc(CSc2ccc(NCC3CCOCC3)c(NC(=O)C(C)(C)N)c2)cc1. The van der Waals surface area contributed by atoms with Crippen molar-refractivity contribution in [3.63, 3.8) is 0 Å². The molecule has 0 bridgehead atoms. The van der Waals surface area contributed by atoms with E-state index in [9.17, 15) is 4.79 Å². The standard InChI is InChI=1S/C24H33N3O3S/c1-24(2,25)23(28)27-22-14-20(31-16-18-4-6-19(29-3)7-5-18)8-9-21(22)26-15-17-10-12-30-13-11-17/h4-9,14,17,26H,10-13,15-16,25H2,1-3H3,(H,27,28). The second-order valence-electron chi connectivity index (χ2n) is 8.46. The van der Waals surface area contributed by atoms with Crippen LogP contribution in [0.4, 0.5) is 11.4 Å². The Morgan fingerprint density at radius 2 is 1.87 bits per heavy atom. The van der Waals surface area contributed by atoms with Crippen LogP contribution in [0.25, 0.3) is 0 Å². The zero-order valence-corrected chi connectivity index (χ0v) is 19.4. The van der Waals surface area contributed by atoms with Crippen molar-refractivity contribution in [2.24, 2.45) is 11.7 Å². The molecule has 6 nitrogen and oxygen atoms in total. The van der Waals surface area contributed by atoms with E-state index < -0.39 is 5.54 Å². The Kier molecular flexibility index (Phi) is 8.23. The fraction of sp³-hybridized carbons (Fsp3) is 0.458. The van der Waals surface area contributed by atoms with Crippen LogP contribution in [0.2, 0.25) is 0 Å². The van der Waals surface area contributed by atoms with Crippen molar-refractivity contribution in [2.45, 2.75) is 42.9 Å². The fourth-order valence-corrected chi connectivity index (χ4v) is 4.14. The molecule has 2 aromatic carbocycles. The molecule has 0 unspecified atom stereocenters. The van der Waals surface area contributed by atoms with Crippen LogP contribution in [0, 0.1) is 5.92 Å². The highest BCUT2D eigenvalue weighted by atomic mass is 32.2. The molecule has 3 rings (SSSR count). The van der Waals surface area contributed by atoms with Crippen molar-refractivity contribution in [1.82, 2.24) is 0 Å². The molecule has 1 heterocycles. The van der Waals surface area contributed by atoms with E-state index in [-0.39, 0.29) is 5.91 Å². The maximum absolute atomic E-state index is 12.5. The normalized spacial score (nSPS) is 14.8. The van der Waals surface area contributed by atoms with E-state index >= 15 is 0 Å². The van der Waals surface area contributed by atoms with Crippen molar-refractivity contribution >= 4 is 29.0 Å². The van der Waals surface area contributed by atoms with E-state index in [1.54, 1.807) is 32.7 Å². The number of amides is 1. The first kappa shape index (κ1) is 23.4. The van der Waals surface area contributed by atoms with Gasteiger partial charge in [-0.1, -0.05) is 12.1 Å². The van der Waals surface area contributed by atoms with Crippen LogP contribution in [0.15, 0.2) is 47.4 Å². The van der Waals surface area contributed by atoms with Gasteiger partial charge in [-0.3, -0.25) is 4.79 Å². The summed E-state index contributed by atoms with van der Waals surface area (Å²) in [5.41, 5.74) is 7.93. The lowest BCUT2D eigenvalue weighted by atomic mass is 10.0. The number of hydrogen-bond acceptors (Lipinski definition) is 6. The van der Waals surface area contributed by atoms with Crippen molar-refractivity contribution in [1.29, 1.82) is 0 Å². The predicted octanol–water partition coefficient (Wildman–Crippen LogP) is 4.50. The topological polar surface area (TPSA) is 85.6 Å². The maximum atomic E-state index is 12.5. The summed E-state index contributed by atoms with van der Waals surface area (Å²) in [6.45, 7) is 5.91. The Balaban J connectivity index is 1.70. The Bertz CT molecular complexity index is 859. The van der Waals surface area contributed by atoms with Gasteiger partial charge in [0.25, 0.3) is 0 Å². The summed E-state index contributed by atoms with van der Waals surface area (Å²) in [6, 6.07) is 14.2. The summed E-state index contributed by atoms with van der Waals surface area (Å²) in [7, 11) is 1.67. The van der Waals surface area contributed by atoms with Gasteiger partial charge in [-0.2, -0.15) is 0 Å². The lowest BCUT2D eigenvalue weighted by Crippen LogP contribution is -2.45. The first-order valence-corrected chi connectivity index (χ1v) is 11.7. The molecule has 0 aromatic heterocycles. The minimum absolute atomic E-state index is 0.209. The van der Waals surface area contributed by atoms with Gasteiger partial charge in [0.2, 0.25) is 5.91 Å². The number of carbonyl (C=O) groups is 1. The minimum atomic E-state index is -0.954. The number of rotatable bonds is 9. The monoisotopic (exact) mass is 443 g/mol. The molecule has 0 spiro atoms. The largest absolute Gasteiger partial charge is 0.497 e. The van der Waals surface area contributed by atoms with Gasteiger partial charge in [0.15, 0.2) is 0 Å². The van der Waals surface area contributed by atoms with Crippen LogP contribution >= 0.6 is 11.8 Å². The van der Waals surface area contributed by atoms with Crippen LogP contribution in [-0.2, 0) is 15.3 Å². The summed E-state index contributed by atoms with van der Waals surface area (Å²) in [6.07, 6.45) is 2.11.